The molecule has 0 saturated carbocycles. The van der Waals surface area contributed by atoms with Gasteiger partial charge in [0.15, 0.2) is 9.84 Å². The Labute approximate surface area is 139 Å². The molecule has 0 spiro atoms. The number of carbonyl (C=O) groups excluding carboxylic acids is 1. The van der Waals surface area contributed by atoms with Gasteiger partial charge in [0.05, 0.1) is 0 Å². The minimum Gasteiger partial charge on any atom is -0.408 e. The zero-order valence-corrected chi connectivity index (χ0v) is 13.9. The number of rotatable bonds is 4. The Hall–Kier alpha value is -2.63. The first kappa shape index (κ1) is 18.7. The lowest BCUT2D eigenvalue weighted by molar-refractivity contribution is -0.275. The third-order valence-corrected chi connectivity index (χ3v) is 4.21. The molecule has 0 aliphatic carbocycles. The first-order valence-corrected chi connectivity index (χ1v) is 8.48. The second-order valence-corrected chi connectivity index (χ2v) is 6.92. The van der Waals surface area contributed by atoms with Gasteiger partial charge in [-0.1, -0.05) is 5.10 Å². The molecule has 1 aromatic heterocycles. The number of benzene rings is 1. The van der Waals surface area contributed by atoms with E-state index < -0.39 is 32.8 Å². The Morgan fingerprint density at radius 2 is 1.88 bits per heavy atom. The summed E-state index contributed by atoms with van der Waals surface area (Å²) in [6.07, 6.45) is -4.38. The fourth-order valence-corrected chi connectivity index (χ4v) is 3.23. The summed E-state index contributed by atoms with van der Waals surface area (Å²) < 4.78 is 69.9. The number of aryl methyl sites for hydroxylation is 1. The fraction of sp³-hybridized carbons (Fsp3) is 0.308. The van der Waals surface area contributed by atoms with Crippen molar-refractivity contribution in [3.8, 4) is 5.75 Å². The summed E-state index contributed by atoms with van der Waals surface area (Å²) in [7, 11) is -4.12. The Bertz CT molecular complexity index is 921. The summed E-state index contributed by atoms with van der Waals surface area (Å²) in [5.41, 5.74) is -0.399. The second kappa shape index (κ2) is 6.35. The van der Waals surface area contributed by atoms with E-state index in [1.54, 1.807) is 0 Å². The smallest absolute Gasteiger partial charge is 0.408 e. The van der Waals surface area contributed by atoms with Crippen molar-refractivity contribution in [1.82, 2.24) is 10.2 Å². The standard InChI is InChI=1S/C13H12F3N3O5S/c1-6-8(11(20)17-12-19-18-7(2)23-12)4-5-9(24-13(14,15)16)10(6)25(3,21)22/h4-5H,1-3H3,(H,17,19,20). The van der Waals surface area contributed by atoms with E-state index in [0.717, 1.165) is 12.1 Å². The van der Waals surface area contributed by atoms with Crippen LogP contribution in [0.4, 0.5) is 19.2 Å². The van der Waals surface area contributed by atoms with Crippen LogP contribution in [0.3, 0.4) is 0 Å². The second-order valence-electron chi connectivity index (χ2n) is 4.97. The molecule has 1 aromatic carbocycles. The van der Waals surface area contributed by atoms with E-state index in [2.05, 4.69) is 20.3 Å². The van der Waals surface area contributed by atoms with E-state index in [4.69, 9.17) is 4.42 Å². The zero-order valence-electron chi connectivity index (χ0n) is 13.1. The summed E-state index contributed by atoms with van der Waals surface area (Å²) in [5, 5.41) is 9.26. The summed E-state index contributed by atoms with van der Waals surface area (Å²) in [4.78, 5) is 11.5. The summed E-state index contributed by atoms with van der Waals surface area (Å²) >= 11 is 0. The number of sulfone groups is 1. The molecule has 25 heavy (non-hydrogen) atoms. The minimum atomic E-state index is -5.09. The fourth-order valence-electron chi connectivity index (χ4n) is 2.09. The van der Waals surface area contributed by atoms with Gasteiger partial charge in [-0.15, -0.1) is 18.3 Å². The molecule has 1 heterocycles. The van der Waals surface area contributed by atoms with Gasteiger partial charge in [-0.05, 0) is 24.6 Å². The molecule has 0 saturated heterocycles. The van der Waals surface area contributed by atoms with E-state index >= 15 is 0 Å². The number of halogens is 3. The molecular formula is C13H12F3N3O5S. The number of hydrogen-bond acceptors (Lipinski definition) is 7. The molecule has 1 amide bonds. The highest BCUT2D eigenvalue weighted by Gasteiger charge is 2.34. The maximum Gasteiger partial charge on any atom is 0.573 e. The van der Waals surface area contributed by atoms with Crippen LogP contribution < -0.4 is 10.1 Å². The van der Waals surface area contributed by atoms with Gasteiger partial charge in [0, 0.05) is 18.7 Å². The van der Waals surface area contributed by atoms with Crippen LogP contribution in [-0.4, -0.2) is 37.1 Å². The number of anilines is 1. The average Bonchev–Trinajstić information content (AvgIpc) is 2.80. The number of nitrogens with zero attached hydrogens (tertiary/aromatic N) is 2. The maximum absolute atomic E-state index is 12.5. The lowest BCUT2D eigenvalue weighted by atomic mass is 10.1. The van der Waals surface area contributed by atoms with Gasteiger partial charge in [-0.25, -0.2) is 8.42 Å². The Kier molecular flexibility index (Phi) is 4.75. The first-order valence-electron chi connectivity index (χ1n) is 6.59. The third kappa shape index (κ3) is 4.47. The van der Waals surface area contributed by atoms with Gasteiger partial charge in [0.2, 0.25) is 5.89 Å². The molecule has 0 atom stereocenters. The number of nitrogens with one attached hydrogen (secondary N) is 1. The van der Waals surface area contributed by atoms with Crippen LogP contribution in [0.1, 0.15) is 21.8 Å². The number of aromatic nitrogens is 2. The maximum atomic E-state index is 12.5. The SMILES string of the molecule is Cc1nnc(NC(=O)c2ccc(OC(F)(F)F)c(S(C)(=O)=O)c2C)o1. The van der Waals surface area contributed by atoms with Crippen molar-refractivity contribution in [2.24, 2.45) is 0 Å². The molecular weight excluding hydrogens is 367 g/mol. The third-order valence-electron chi connectivity index (χ3n) is 2.96. The number of hydrogen-bond donors (Lipinski definition) is 1. The van der Waals surface area contributed by atoms with Gasteiger partial charge in [-0.2, -0.15) is 0 Å². The van der Waals surface area contributed by atoms with E-state index in [1.165, 1.54) is 13.8 Å². The molecule has 0 bridgehead atoms. The number of carbonyl (C=O) groups is 1. The van der Waals surface area contributed by atoms with Crippen molar-refractivity contribution in [2.45, 2.75) is 25.1 Å². The monoisotopic (exact) mass is 379 g/mol. The van der Waals surface area contributed by atoms with Crippen LogP contribution in [0.2, 0.25) is 0 Å². The van der Waals surface area contributed by atoms with Crippen molar-refractivity contribution >= 4 is 21.8 Å². The normalized spacial score (nSPS) is 12.1. The Balaban J connectivity index is 2.48. The van der Waals surface area contributed by atoms with Crippen molar-refractivity contribution in [3.05, 3.63) is 29.2 Å². The van der Waals surface area contributed by atoms with Crippen molar-refractivity contribution < 1.29 is 35.5 Å². The Morgan fingerprint density at radius 1 is 1.24 bits per heavy atom. The van der Waals surface area contributed by atoms with Crippen LogP contribution in [0.15, 0.2) is 21.4 Å². The molecule has 12 heteroatoms. The molecule has 0 aliphatic rings. The summed E-state index contributed by atoms with van der Waals surface area (Å²) in [5.74, 6) is -1.57. The van der Waals surface area contributed by atoms with E-state index in [-0.39, 0.29) is 23.0 Å². The largest absolute Gasteiger partial charge is 0.573 e. The molecule has 136 valence electrons. The highest BCUT2D eigenvalue weighted by Crippen LogP contribution is 2.33. The predicted molar refractivity (Wildman–Crippen MR) is 78.0 cm³/mol. The Morgan fingerprint density at radius 3 is 2.36 bits per heavy atom. The van der Waals surface area contributed by atoms with Gasteiger partial charge in [0.25, 0.3) is 5.91 Å². The number of ether oxygens (including phenoxy) is 1. The minimum absolute atomic E-state index is 0.178. The molecule has 0 aliphatic heterocycles. The van der Waals surface area contributed by atoms with Gasteiger partial charge in [-0.3, -0.25) is 10.1 Å². The molecule has 1 N–H and O–H groups in total. The molecule has 0 unspecified atom stereocenters. The van der Waals surface area contributed by atoms with E-state index in [0.29, 0.717) is 6.26 Å². The molecule has 2 rings (SSSR count). The van der Waals surface area contributed by atoms with Gasteiger partial charge < -0.3 is 9.15 Å². The lowest BCUT2D eigenvalue weighted by Gasteiger charge is -2.16. The molecule has 8 nitrogen and oxygen atoms in total. The van der Waals surface area contributed by atoms with Crippen molar-refractivity contribution in [1.29, 1.82) is 0 Å². The van der Waals surface area contributed by atoms with E-state index in [1.807, 2.05) is 0 Å². The van der Waals surface area contributed by atoms with Crippen molar-refractivity contribution in [3.63, 3.8) is 0 Å². The topological polar surface area (TPSA) is 111 Å². The van der Waals surface area contributed by atoms with Crippen LogP contribution in [-0.2, 0) is 9.84 Å². The highest BCUT2D eigenvalue weighted by molar-refractivity contribution is 7.90. The average molecular weight is 379 g/mol. The van der Waals surface area contributed by atoms with Crippen LogP contribution in [0, 0.1) is 13.8 Å². The van der Waals surface area contributed by atoms with Gasteiger partial charge in [0.1, 0.15) is 10.6 Å². The quantitative estimate of drug-likeness (QED) is 0.867. The molecule has 2 aromatic rings. The molecule has 0 fully saturated rings. The first-order chi connectivity index (χ1) is 11.4. The van der Waals surface area contributed by atoms with Crippen LogP contribution >= 0.6 is 0 Å². The predicted octanol–water partition coefficient (Wildman–Crippen LogP) is 2.24. The number of amides is 1. The van der Waals surface area contributed by atoms with Crippen LogP contribution in [0.25, 0.3) is 0 Å². The summed E-state index contributed by atoms with van der Waals surface area (Å²) in [6.45, 7) is 2.67. The zero-order chi connectivity index (χ0) is 19.0. The van der Waals surface area contributed by atoms with Crippen molar-refractivity contribution in [2.75, 3.05) is 11.6 Å². The highest BCUT2D eigenvalue weighted by atomic mass is 32.2. The van der Waals surface area contributed by atoms with Crippen LogP contribution in [0.5, 0.6) is 5.75 Å². The lowest BCUT2D eigenvalue weighted by Crippen LogP contribution is -2.21. The van der Waals surface area contributed by atoms with E-state index in [9.17, 15) is 26.4 Å². The number of alkyl halides is 3. The summed E-state index contributed by atoms with van der Waals surface area (Å²) in [6, 6.07) is 1.52. The van der Waals surface area contributed by atoms with Gasteiger partial charge >= 0.3 is 12.4 Å². The molecule has 0 radical (unpaired) electrons.